The van der Waals surface area contributed by atoms with Crippen LogP contribution in [0, 0.1) is 19.7 Å². The lowest BCUT2D eigenvalue weighted by Crippen LogP contribution is -2.40. The number of benzene rings is 2. The van der Waals surface area contributed by atoms with Crippen molar-refractivity contribution in [2.24, 2.45) is 0 Å². The van der Waals surface area contributed by atoms with Gasteiger partial charge in [-0.05, 0) is 56.8 Å². The maximum absolute atomic E-state index is 13.4. The molecule has 0 spiro atoms. The smallest absolute Gasteiger partial charge is 0.315 e. The van der Waals surface area contributed by atoms with Gasteiger partial charge >= 0.3 is 6.03 Å². The first-order valence-corrected chi connectivity index (χ1v) is 8.36. The van der Waals surface area contributed by atoms with E-state index in [1.807, 2.05) is 51.0 Å². The Morgan fingerprint density at radius 2 is 1.88 bits per heavy atom. The van der Waals surface area contributed by atoms with Crippen LogP contribution < -0.4 is 10.6 Å². The highest BCUT2D eigenvalue weighted by molar-refractivity contribution is 5.73. The average molecular weight is 343 g/mol. The zero-order chi connectivity index (χ0) is 18.4. The number of hydrogen-bond donors (Lipinski definition) is 2. The summed E-state index contributed by atoms with van der Waals surface area (Å²) in [5, 5.41) is 5.74. The Morgan fingerprint density at radius 1 is 1.12 bits per heavy atom. The van der Waals surface area contributed by atoms with E-state index in [4.69, 9.17) is 0 Å². The van der Waals surface area contributed by atoms with E-state index in [0.717, 1.165) is 16.7 Å². The Bertz CT molecular complexity index is 731. The zero-order valence-corrected chi connectivity index (χ0v) is 15.3. The first-order chi connectivity index (χ1) is 11.9. The van der Waals surface area contributed by atoms with E-state index in [1.165, 1.54) is 17.7 Å². The topological polar surface area (TPSA) is 44.4 Å². The van der Waals surface area contributed by atoms with Crippen molar-refractivity contribution in [3.63, 3.8) is 0 Å². The van der Waals surface area contributed by atoms with Crippen molar-refractivity contribution < 1.29 is 9.18 Å². The number of carbonyl (C=O) groups is 1. The van der Waals surface area contributed by atoms with Crippen LogP contribution in [0.1, 0.15) is 28.3 Å². The fraction of sp³-hybridized carbons (Fsp3) is 0.350. The molecule has 0 radical (unpaired) electrons. The highest BCUT2D eigenvalue weighted by Gasteiger charge is 2.15. The van der Waals surface area contributed by atoms with E-state index >= 15 is 0 Å². The second-order valence-corrected chi connectivity index (χ2v) is 6.53. The van der Waals surface area contributed by atoms with Crippen molar-refractivity contribution in [3.8, 4) is 0 Å². The number of urea groups is 1. The molecule has 0 aliphatic carbocycles. The molecule has 1 unspecified atom stereocenters. The van der Waals surface area contributed by atoms with E-state index < -0.39 is 0 Å². The van der Waals surface area contributed by atoms with Gasteiger partial charge in [-0.15, -0.1) is 0 Å². The first kappa shape index (κ1) is 18.9. The number of amides is 2. The van der Waals surface area contributed by atoms with Crippen molar-refractivity contribution in [2.45, 2.75) is 26.4 Å². The molecule has 0 heterocycles. The number of halogens is 1. The first-order valence-electron chi connectivity index (χ1n) is 8.36. The summed E-state index contributed by atoms with van der Waals surface area (Å²) in [4.78, 5) is 14.1. The van der Waals surface area contributed by atoms with Crippen molar-refractivity contribution in [1.82, 2.24) is 15.5 Å². The third kappa shape index (κ3) is 5.57. The van der Waals surface area contributed by atoms with Crippen LogP contribution in [-0.2, 0) is 6.54 Å². The summed E-state index contributed by atoms with van der Waals surface area (Å²) in [7, 11) is 3.82. The van der Waals surface area contributed by atoms with Crippen molar-refractivity contribution in [1.29, 1.82) is 0 Å². The SMILES string of the molecule is Cc1ccc(CNC(=O)NCC(c2cccc(F)c2)N(C)C)c(C)c1. The molecule has 2 amide bonds. The van der Waals surface area contributed by atoms with Crippen LogP contribution in [0.2, 0.25) is 0 Å². The highest BCUT2D eigenvalue weighted by Crippen LogP contribution is 2.18. The summed E-state index contributed by atoms with van der Waals surface area (Å²) >= 11 is 0. The van der Waals surface area contributed by atoms with Crippen molar-refractivity contribution in [2.75, 3.05) is 20.6 Å². The molecule has 0 fully saturated rings. The van der Waals surface area contributed by atoms with Gasteiger partial charge in [0.25, 0.3) is 0 Å². The molecule has 0 saturated carbocycles. The molecule has 1 atom stereocenters. The van der Waals surface area contributed by atoms with E-state index in [9.17, 15) is 9.18 Å². The van der Waals surface area contributed by atoms with E-state index in [-0.39, 0.29) is 17.9 Å². The minimum atomic E-state index is -0.274. The van der Waals surface area contributed by atoms with Gasteiger partial charge in [-0.2, -0.15) is 0 Å². The maximum atomic E-state index is 13.4. The second kappa shape index (κ2) is 8.62. The lowest BCUT2D eigenvalue weighted by molar-refractivity contribution is 0.232. The van der Waals surface area contributed by atoms with Gasteiger partial charge in [-0.25, -0.2) is 9.18 Å². The predicted molar refractivity (Wildman–Crippen MR) is 99.0 cm³/mol. The van der Waals surface area contributed by atoms with Gasteiger partial charge in [0.15, 0.2) is 0 Å². The fourth-order valence-corrected chi connectivity index (χ4v) is 2.78. The number of rotatable bonds is 6. The molecule has 0 aliphatic rings. The Balaban J connectivity index is 1.91. The number of carbonyl (C=O) groups excluding carboxylic acids is 1. The molecular weight excluding hydrogens is 317 g/mol. The minimum absolute atomic E-state index is 0.0949. The third-order valence-corrected chi connectivity index (χ3v) is 4.25. The van der Waals surface area contributed by atoms with Gasteiger partial charge in [-0.1, -0.05) is 35.9 Å². The van der Waals surface area contributed by atoms with E-state index in [2.05, 4.69) is 16.7 Å². The van der Waals surface area contributed by atoms with Crippen LogP contribution >= 0.6 is 0 Å². The van der Waals surface area contributed by atoms with Crippen LogP contribution in [-0.4, -0.2) is 31.6 Å². The molecule has 0 aromatic heterocycles. The molecule has 2 N–H and O–H groups in total. The van der Waals surface area contributed by atoms with Crippen LogP contribution in [0.25, 0.3) is 0 Å². The molecule has 5 heteroatoms. The lowest BCUT2D eigenvalue weighted by atomic mass is 10.1. The van der Waals surface area contributed by atoms with Crippen LogP contribution in [0.15, 0.2) is 42.5 Å². The highest BCUT2D eigenvalue weighted by atomic mass is 19.1. The van der Waals surface area contributed by atoms with Gasteiger partial charge in [0.1, 0.15) is 5.82 Å². The average Bonchev–Trinajstić information content (AvgIpc) is 2.54. The fourth-order valence-electron chi connectivity index (χ4n) is 2.78. The Hall–Kier alpha value is -2.40. The lowest BCUT2D eigenvalue weighted by Gasteiger charge is -2.25. The van der Waals surface area contributed by atoms with Gasteiger partial charge in [-0.3, -0.25) is 0 Å². The minimum Gasteiger partial charge on any atom is -0.336 e. The summed E-state index contributed by atoms with van der Waals surface area (Å²) in [5.41, 5.74) is 4.29. The van der Waals surface area contributed by atoms with Gasteiger partial charge in [0, 0.05) is 13.1 Å². The Labute approximate surface area is 149 Å². The number of nitrogens with zero attached hydrogens (tertiary/aromatic N) is 1. The summed E-state index contributed by atoms with van der Waals surface area (Å²) < 4.78 is 13.4. The number of likely N-dealkylation sites (N-methyl/N-ethyl adjacent to an activating group) is 1. The van der Waals surface area contributed by atoms with E-state index in [1.54, 1.807) is 6.07 Å². The summed E-state index contributed by atoms with van der Waals surface area (Å²) in [6, 6.07) is 12.3. The van der Waals surface area contributed by atoms with Gasteiger partial charge in [0.05, 0.1) is 6.04 Å². The quantitative estimate of drug-likeness (QED) is 0.842. The third-order valence-electron chi connectivity index (χ3n) is 4.25. The van der Waals surface area contributed by atoms with Gasteiger partial charge in [0.2, 0.25) is 0 Å². The Morgan fingerprint density at radius 3 is 2.52 bits per heavy atom. The molecule has 0 saturated heterocycles. The molecular formula is C20H26FN3O. The van der Waals surface area contributed by atoms with Crippen molar-refractivity contribution in [3.05, 3.63) is 70.5 Å². The normalized spacial score (nSPS) is 12.1. The molecule has 2 aromatic rings. The number of hydrogen-bond acceptors (Lipinski definition) is 2. The number of aryl methyl sites for hydroxylation is 2. The van der Waals surface area contributed by atoms with E-state index in [0.29, 0.717) is 13.1 Å². The molecule has 4 nitrogen and oxygen atoms in total. The van der Waals surface area contributed by atoms with Crippen LogP contribution in [0.4, 0.5) is 9.18 Å². The molecule has 0 bridgehead atoms. The predicted octanol–water partition coefficient (Wildman–Crippen LogP) is 3.54. The Kier molecular flexibility index (Phi) is 6.53. The molecule has 134 valence electrons. The van der Waals surface area contributed by atoms with Gasteiger partial charge < -0.3 is 15.5 Å². The summed E-state index contributed by atoms with van der Waals surface area (Å²) in [5.74, 6) is -0.274. The maximum Gasteiger partial charge on any atom is 0.315 e. The molecule has 0 aliphatic heterocycles. The largest absolute Gasteiger partial charge is 0.336 e. The molecule has 2 aromatic carbocycles. The molecule has 25 heavy (non-hydrogen) atoms. The van der Waals surface area contributed by atoms with Crippen LogP contribution in [0.3, 0.4) is 0 Å². The standard InChI is InChI=1S/C20H26FN3O/c1-14-8-9-17(15(2)10-14)12-22-20(25)23-13-19(24(3)4)16-6-5-7-18(21)11-16/h5-11,19H,12-13H2,1-4H3,(H2,22,23,25). The number of nitrogens with one attached hydrogen (secondary N) is 2. The van der Waals surface area contributed by atoms with Crippen LogP contribution in [0.5, 0.6) is 0 Å². The second-order valence-electron chi connectivity index (χ2n) is 6.53. The molecule has 2 rings (SSSR count). The van der Waals surface area contributed by atoms with Crippen molar-refractivity contribution >= 4 is 6.03 Å². The summed E-state index contributed by atoms with van der Waals surface area (Å²) in [6.07, 6.45) is 0. The zero-order valence-electron chi connectivity index (χ0n) is 15.3. The summed E-state index contributed by atoms with van der Waals surface area (Å²) in [6.45, 7) is 4.96. The monoisotopic (exact) mass is 343 g/mol.